The monoisotopic (exact) mass is 140 g/mol. The number of fused-ring (bicyclic) bond motifs is 2. The van der Waals surface area contributed by atoms with Crippen LogP contribution in [0.25, 0.3) is 0 Å². The van der Waals surface area contributed by atoms with Crippen LogP contribution in [0, 0.1) is 11.8 Å². The van der Waals surface area contributed by atoms with Gasteiger partial charge < -0.3 is 4.48 Å². The van der Waals surface area contributed by atoms with E-state index < -0.39 is 0 Å². The van der Waals surface area contributed by atoms with Gasteiger partial charge >= 0.3 is 0 Å². The summed E-state index contributed by atoms with van der Waals surface area (Å²) >= 11 is 0. The molecule has 10 heavy (non-hydrogen) atoms. The first-order valence-electron chi connectivity index (χ1n) is 4.48. The first kappa shape index (κ1) is 6.66. The summed E-state index contributed by atoms with van der Waals surface area (Å²) in [6.07, 6.45) is 4.58. The molecular weight excluding hydrogens is 122 g/mol. The minimum absolute atomic E-state index is 1.08. The first-order chi connectivity index (χ1) is 4.66. The summed E-state index contributed by atoms with van der Waals surface area (Å²) < 4.78 is 1.29. The van der Waals surface area contributed by atoms with E-state index >= 15 is 0 Å². The molecule has 2 fully saturated rings. The highest BCUT2D eigenvalue weighted by molar-refractivity contribution is 4.78. The average Bonchev–Trinajstić information content (AvgIpc) is 2.08. The molecule has 0 aromatic rings. The molecule has 1 heterocycles. The SMILES string of the molecule is C[N+]1(C)CC2CCC(C2)C1. The van der Waals surface area contributed by atoms with Crippen LogP contribution < -0.4 is 0 Å². The largest absolute Gasteiger partial charge is 0.328 e. The maximum Gasteiger partial charge on any atom is 0.0811 e. The van der Waals surface area contributed by atoms with Crippen LogP contribution >= 0.6 is 0 Å². The second-order valence-electron chi connectivity index (χ2n) is 4.85. The Labute approximate surface area is 63.6 Å². The van der Waals surface area contributed by atoms with Crippen LogP contribution in [0.4, 0.5) is 0 Å². The smallest absolute Gasteiger partial charge is 0.0811 e. The number of quaternary nitrogens is 1. The van der Waals surface area contributed by atoms with Crippen LogP contribution in [0.3, 0.4) is 0 Å². The molecule has 1 heteroatoms. The fourth-order valence-electron chi connectivity index (χ4n) is 2.98. The fourth-order valence-corrected chi connectivity index (χ4v) is 2.98. The number of piperidine rings is 1. The van der Waals surface area contributed by atoms with E-state index in [4.69, 9.17) is 0 Å². The Hall–Kier alpha value is -0.0400. The predicted octanol–water partition coefficient (Wildman–Crippen LogP) is 1.49. The fraction of sp³-hybridized carbons (Fsp3) is 1.00. The second kappa shape index (κ2) is 1.97. The van der Waals surface area contributed by atoms with Crippen LogP contribution in [0.1, 0.15) is 19.3 Å². The zero-order chi connectivity index (χ0) is 7.19. The Balaban J connectivity index is 2.09. The van der Waals surface area contributed by atoms with Crippen LogP contribution in [-0.2, 0) is 0 Å². The molecule has 0 N–H and O–H groups in total. The van der Waals surface area contributed by atoms with E-state index in [1.165, 1.54) is 30.4 Å². The Morgan fingerprint density at radius 3 is 2.00 bits per heavy atom. The van der Waals surface area contributed by atoms with Crippen molar-refractivity contribution < 1.29 is 4.48 Å². The molecule has 1 saturated heterocycles. The minimum atomic E-state index is 1.08. The van der Waals surface area contributed by atoms with Crippen molar-refractivity contribution in [3.05, 3.63) is 0 Å². The van der Waals surface area contributed by atoms with Gasteiger partial charge in [-0.25, -0.2) is 0 Å². The van der Waals surface area contributed by atoms with Crippen molar-refractivity contribution in [3.8, 4) is 0 Å². The lowest BCUT2D eigenvalue weighted by Crippen LogP contribution is -2.48. The Morgan fingerprint density at radius 2 is 1.50 bits per heavy atom. The number of likely N-dealkylation sites (tertiary alicyclic amines) is 1. The van der Waals surface area contributed by atoms with Gasteiger partial charge in [0.15, 0.2) is 0 Å². The standard InChI is InChI=1S/C9H18N/c1-10(2)6-8-3-4-9(5-8)7-10/h8-9H,3-7H2,1-2H3/q+1. The normalized spacial score (nSPS) is 43.8. The van der Waals surface area contributed by atoms with Crippen molar-refractivity contribution in [1.29, 1.82) is 0 Å². The molecular formula is C9H18N+. The number of hydrogen-bond donors (Lipinski definition) is 0. The Bertz CT molecular complexity index is 126. The molecule has 0 aromatic heterocycles. The molecule has 2 rings (SSSR count). The maximum atomic E-state index is 2.38. The molecule has 2 aliphatic rings. The van der Waals surface area contributed by atoms with Crippen LogP contribution in [0.2, 0.25) is 0 Å². The second-order valence-corrected chi connectivity index (χ2v) is 4.85. The van der Waals surface area contributed by atoms with Gasteiger partial charge in [-0.05, 0) is 19.3 Å². The Kier molecular flexibility index (Phi) is 1.31. The van der Waals surface area contributed by atoms with Gasteiger partial charge in [-0.3, -0.25) is 0 Å². The molecule has 1 aliphatic carbocycles. The molecule has 1 saturated carbocycles. The van der Waals surface area contributed by atoms with Crippen LogP contribution in [0.15, 0.2) is 0 Å². The van der Waals surface area contributed by atoms with Gasteiger partial charge in [0.25, 0.3) is 0 Å². The third-order valence-electron chi connectivity index (χ3n) is 3.15. The highest BCUT2D eigenvalue weighted by atomic mass is 15.3. The van der Waals surface area contributed by atoms with Crippen molar-refractivity contribution in [2.75, 3.05) is 27.2 Å². The lowest BCUT2D eigenvalue weighted by molar-refractivity contribution is -0.900. The van der Waals surface area contributed by atoms with E-state index in [1.54, 1.807) is 6.42 Å². The molecule has 0 spiro atoms. The van der Waals surface area contributed by atoms with E-state index in [0.29, 0.717) is 0 Å². The summed E-state index contributed by atoms with van der Waals surface area (Å²) in [6.45, 7) is 2.88. The molecule has 58 valence electrons. The van der Waals surface area contributed by atoms with Gasteiger partial charge in [-0.15, -0.1) is 0 Å². The minimum Gasteiger partial charge on any atom is -0.328 e. The van der Waals surface area contributed by atoms with Gasteiger partial charge in [0.05, 0.1) is 27.2 Å². The summed E-state index contributed by atoms with van der Waals surface area (Å²) in [4.78, 5) is 0. The molecule has 1 aliphatic heterocycles. The summed E-state index contributed by atoms with van der Waals surface area (Å²) in [6, 6.07) is 0. The maximum absolute atomic E-state index is 2.38. The summed E-state index contributed by atoms with van der Waals surface area (Å²) in [7, 11) is 4.76. The molecule has 0 radical (unpaired) electrons. The average molecular weight is 140 g/mol. The van der Waals surface area contributed by atoms with E-state index in [0.717, 1.165) is 11.8 Å². The van der Waals surface area contributed by atoms with E-state index in [-0.39, 0.29) is 0 Å². The predicted molar refractivity (Wildman–Crippen MR) is 42.7 cm³/mol. The van der Waals surface area contributed by atoms with Crippen molar-refractivity contribution in [2.45, 2.75) is 19.3 Å². The van der Waals surface area contributed by atoms with Gasteiger partial charge in [0.1, 0.15) is 0 Å². The lowest BCUT2D eigenvalue weighted by atomic mass is 9.98. The molecule has 2 atom stereocenters. The van der Waals surface area contributed by atoms with Crippen molar-refractivity contribution >= 4 is 0 Å². The van der Waals surface area contributed by atoms with Gasteiger partial charge in [0, 0.05) is 11.8 Å². The van der Waals surface area contributed by atoms with Gasteiger partial charge in [-0.2, -0.15) is 0 Å². The van der Waals surface area contributed by atoms with E-state index in [9.17, 15) is 0 Å². The number of nitrogens with zero attached hydrogens (tertiary/aromatic N) is 1. The third kappa shape index (κ3) is 1.07. The molecule has 1 nitrogen and oxygen atoms in total. The summed E-state index contributed by atoms with van der Waals surface area (Å²) in [5, 5.41) is 0. The molecule has 2 unspecified atom stereocenters. The van der Waals surface area contributed by atoms with E-state index in [1.807, 2.05) is 0 Å². The summed E-state index contributed by atoms with van der Waals surface area (Å²) in [5.41, 5.74) is 0. The van der Waals surface area contributed by atoms with Crippen molar-refractivity contribution in [3.63, 3.8) is 0 Å². The topological polar surface area (TPSA) is 0 Å². The van der Waals surface area contributed by atoms with Crippen LogP contribution in [-0.4, -0.2) is 31.7 Å². The zero-order valence-corrected chi connectivity index (χ0v) is 7.14. The van der Waals surface area contributed by atoms with Crippen LogP contribution in [0.5, 0.6) is 0 Å². The van der Waals surface area contributed by atoms with E-state index in [2.05, 4.69) is 14.1 Å². The first-order valence-corrected chi connectivity index (χ1v) is 4.48. The number of hydrogen-bond acceptors (Lipinski definition) is 0. The van der Waals surface area contributed by atoms with Crippen molar-refractivity contribution in [1.82, 2.24) is 0 Å². The quantitative estimate of drug-likeness (QED) is 0.447. The highest BCUT2D eigenvalue weighted by Crippen LogP contribution is 2.37. The lowest BCUT2D eigenvalue weighted by Gasteiger charge is -2.37. The molecule has 0 amide bonds. The highest BCUT2D eigenvalue weighted by Gasteiger charge is 2.38. The summed E-state index contributed by atoms with van der Waals surface area (Å²) in [5.74, 6) is 2.16. The zero-order valence-electron chi connectivity index (χ0n) is 7.14. The van der Waals surface area contributed by atoms with Gasteiger partial charge in [0.2, 0.25) is 0 Å². The molecule has 2 bridgehead atoms. The third-order valence-corrected chi connectivity index (χ3v) is 3.15. The Morgan fingerprint density at radius 1 is 1.00 bits per heavy atom. The van der Waals surface area contributed by atoms with Crippen molar-refractivity contribution in [2.24, 2.45) is 11.8 Å². The number of rotatable bonds is 0. The van der Waals surface area contributed by atoms with Gasteiger partial charge in [-0.1, -0.05) is 0 Å². The molecule has 0 aromatic carbocycles.